The van der Waals surface area contributed by atoms with Gasteiger partial charge >= 0.3 is 0 Å². The molecule has 2 amide bonds. The average molecular weight is 459 g/mol. The molecule has 0 unspecified atom stereocenters. The fourth-order valence-corrected chi connectivity index (χ4v) is 4.41. The minimum Gasteiger partial charge on any atom is -0.350 e. The van der Waals surface area contributed by atoms with E-state index < -0.39 is 22.5 Å². The highest BCUT2D eigenvalue weighted by Crippen LogP contribution is 2.13. The van der Waals surface area contributed by atoms with Crippen molar-refractivity contribution in [3.63, 3.8) is 0 Å². The number of aryl methyl sites for hydroxylation is 1. The van der Waals surface area contributed by atoms with Crippen LogP contribution in [0.2, 0.25) is 0 Å². The van der Waals surface area contributed by atoms with Crippen molar-refractivity contribution in [2.75, 3.05) is 26.2 Å². The van der Waals surface area contributed by atoms with E-state index in [0.29, 0.717) is 6.54 Å². The van der Waals surface area contributed by atoms with Gasteiger partial charge in [-0.1, -0.05) is 42.0 Å². The number of nitrogens with zero attached hydrogens (tertiary/aromatic N) is 1. The lowest BCUT2D eigenvalue weighted by molar-refractivity contribution is -0.125. The van der Waals surface area contributed by atoms with E-state index in [4.69, 9.17) is 0 Å². The maximum Gasteiger partial charge on any atom is 0.241 e. The summed E-state index contributed by atoms with van der Waals surface area (Å²) in [6.07, 6.45) is 2.53. The fraction of sp³-hybridized carbons (Fsp3) is 0.391. The molecule has 32 heavy (non-hydrogen) atoms. The predicted molar refractivity (Wildman–Crippen MR) is 122 cm³/mol. The maximum atomic E-state index is 12.2. The Morgan fingerprint density at radius 2 is 1.44 bits per heavy atom. The van der Waals surface area contributed by atoms with Crippen LogP contribution in [0.4, 0.5) is 0 Å². The molecule has 1 fully saturated rings. The summed E-state index contributed by atoms with van der Waals surface area (Å²) in [5.74, 6) is -0.928. The van der Waals surface area contributed by atoms with Crippen molar-refractivity contribution in [3.8, 4) is 0 Å². The van der Waals surface area contributed by atoms with E-state index >= 15 is 0 Å². The molecule has 2 aromatic carbocycles. The van der Waals surface area contributed by atoms with Crippen molar-refractivity contribution in [3.05, 3.63) is 65.2 Å². The number of likely N-dealkylation sites (tertiary alicyclic amines) is 1. The number of sulfonamides is 1. The van der Waals surface area contributed by atoms with Crippen molar-refractivity contribution in [2.24, 2.45) is 0 Å². The average Bonchev–Trinajstić information content (AvgIpc) is 3.29. The van der Waals surface area contributed by atoms with E-state index in [2.05, 4.69) is 32.4 Å². The van der Waals surface area contributed by atoms with E-state index in [1.807, 2.05) is 19.1 Å². The summed E-state index contributed by atoms with van der Waals surface area (Å²) in [5, 5.41) is 5.17. The molecule has 3 rings (SSSR count). The number of hydrogen-bond donors (Lipinski definition) is 3. The second kappa shape index (κ2) is 11.2. The molecule has 0 radical (unpaired) electrons. The summed E-state index contributed by atoms with van der Waals surface area (Å²) in [5.41, 5.74) is 3.16. The predicted octanol–water partition coefficient (Wildman–Crippen LogP) is 1.30. The van der Waals surface area contributed by atoms with Crippen LogP contribution in [-0.2, 0) is 32.7 Å². The number of carbonyl (C=O) groups is 2. The van der Waals surface area contributed by atoms with Gasteiger partial charge in [0.1, 0.15) is 0 Å². The van der Waals surface area contributed by atoms with Crippen molar-refractivity contribution in [1.82, 2.24) is 20.3 Å². The number of benzene rings is 2. The molecule has 9 heteroatoms. The Hall–Kier alpha value is -2.75. The lowest BCUT2D eigenvalue weighted by Crippen LogP contribution is -2.41. The molecular weight excluding hydrogens is 428 g/mol. The second-order valence-corrected chi connectivity index (χ2v) is 9.76. The Labute approximate surface area is 189 Å². The molecule has 8 nitrogen and oxygen atoms in total. The van der Waals surface area contributed by atoms with Crippen molar-refractivity contribution in [2.45, 2.75) is 37.8 Å². The van der Waals surface area contributed by atoms with Crippen LogP contribution >= 0.6 is 0 Å². The molecule has 1 heterocycles. The van der Waals surface area contributed by atoms with Gasteiger partial charge in [0.15, 0.2) is 0 Å². The van der Waals surface area contributed by atoms with Gasteiger partial charge < -0.3 is 10.6 Å². The third kappa shape index (κ3) is 7.44. The minimum absolute atomic E-state index is 0.0834. The van der Waals surface area contributed by atoms with Gasteiger partial charge in [0.25, 0.3) is 0 Å². The zero-order valence-corrected chi connectivity index (χ0v) is 19.1. The lowest BCUT2D eigenvalue weighted by atomic mass is 10.1. The van der Waals surface area contributed by atoms with Crippen LogP contribution in [-0.4, -0.2) is 51.3 Å². The highest BCUT2D eigenvalue weighted by molar-refractivity contribution is 7.89. The van der Waals surface area contributed by atoms with Gasteiger partial charge in [0.05, 0.1) is 18.0 Å². The Morgan fingerprint density at radius 3 is 2.09 bits per heavy atom. The van der Waals surface area contributed by atoms with Gasteiger partial charge in [-0.15, -0.1) is 0 Å². The van der Waals surface area contributed by atoms with Gasteiger partial charge in [-0.2, -0.15) is 0 Å². The lowest BCUT2D eigenvalue weighted by Gasteiger charge is -2.14. The topological polar surface area (TPSA) is 108 Å². The molecule has 1 aliphatic heterocycles. The molecule has 0 saturated carbocycles. The molecule has 172 valence electrons. The van der Waals surface area contributed by atoms with E-state index in [9.17, 15) is 18.0 Å². The zero-order chi connectivity index (χ0) is 23.0. The van der Waals surface area contributed by atoms with Crippen LogP contribution in [0.1, 0.15) is 29.5 Å². The van der Waals surface area contributed by atoms with Crippen LogP contribution in [0, 0.1) is 6.92 Å². The number of amides is 2. The first kappa shape index (κ1) is 23.9. The zero-order valence-electron chi connectivity index (χ0n) is 18.3. The minimum atomic E-state index is -3.78. The molecule has 0 atom stereocenters. The van der Waals surface area contributed by atoms with Crippen molar-refractivity contribution in [1.29, 1.82) is 0 Å². The fourth-order valence-electron chi connectivity index (χ4n) is 3.43. The largest absolute Gasteiger partial charge is 0.350 e. The molecule has 0 aromatic heterocycles. The first-order valence-electron chi connectivity index (χ1n) is 10.7. The maximum absolute atomic E-state index is 12.2. The smallest absolute Gasteiger partial charge is 0.241 e. The van der Waals surface area contributed by atoms with Gasteiger partial charge in [-0.3, -0.25) is 14.5 Å². The SMILES string of the molecule is Cc1ccc(S(=O)(=O)NCC(=O)NCC(=O)NCc2ccc(CN3CCCC3)cc2)cc1. The summed E-state index contributed by atoms with van der Waals surface area (Å²) in [7, 11) is -3.78. The van der Waals surface area contributed by atoms with Crippen LogP contribution in [0.15, 0.2) is 53.4 Å². The molecule has 1 saturated heterocycles. The molecule has 0 spiro atoms. The monoisotopic (exact) mass is 458 g/mol. The van der Waals surface area contributed by atoms with E-state index in [1.165, 1.54) is 30.5 Å². The van der Waals surface area contributed by atoms with E-state index in [0.717, 1.165) is 30.8 Å². The van der Waals surface area contributed by atoms with Gasteiger partial charge in [0, 0.05) is 13.1 Å². The van der Waals surface area contributed by atoms with Crippen molar-refractivity contribution < 1.29 is 18.0 Å². The van der Waals surface area contributed by atoms with Gasteiger partial charge in [0.2, 0.25) is 21.8 Å². The third-order valence-electron chi connectivity index (χ3n) is 5.32. The summed E-state index contributed by atoms with van der Waals surface area (Å²) in [4.78, 5) is 26.4. The quantitative estimate of drug-likeness (QED) is 0.498. The summed E-state index contributed by atoms with van der Waals surface area (Å²) < 4.78 is 26.6. The first-order valence-corrected chi connectivity index (χ1v) is 12.2. The Kier molecular flexibility index (Phi) is 8.38. The van der Waals surface area contributed by atoms with E-state index in [1.54, 1.807) is 12.1 Å². The van der Waals surface area contributed by atoms with Crippen LogP contribution in [0.3, 0.4) is 0 Å². The standard InChI is InChI=1S/C23H30N4O4S/c1-18-4-10-21(11-5-18)32(30,31)26-16-23(29)25-15-22(28)24-14-19-6-8-20(9-7-19)17-27-12-2-3-13-27/h4-11,26H,2-3,12-17H2,1H3,(H,24,28)(H,25,29). The molecule has 1 aliphatic rings. The Balaban J connectivity index is 1.35. The molecule has 3 N–H and O–H groups in total. The summed E-state index contributed by atoms with van der Waals surface area (Å²) in [6, 6.07) is 14.4. The summed E-state index contributed by atoms with van der Waals surface area (Å²) in [6.45, 7) is 4.80. The Morgan fingerprint density at radius 1 is 0.844 bits per heavy atom. The first-order chi connectivity index (χ1) is 15.3. The van der Waals surface area contributed by atoms with Crippen LogP contribution < -0.4 is 15.4 Å². The van der Waals surface area contributed by atoms with Gasteiger partial charge in [-0.05, 0) is 56.1 Å². The molecule has 0 bridgehead atoms. The number of nitrogens with one attached hydrogen (secondary N) is 3. The van der Waals surface area contributed by atoms with Crippen LogP contribution in [0.5, 0.6) is 0 Å². The Bertz CT molecular complexity index is 1010. The second-order valence-electron chi connectivity index (χ2n) is 7.99. The number of rotatable bonds is 10. The van der Waals surface area contributed by atoms with Gasteiger partial charge in [-0.25, -0.2) is 13.1 Å². The normalized spacial score (nSPS) is 14.3. The van der Waals surface area contributed by atoms with Crippen molar-refractivity contribution >= 4 is 21.8 Å². The van der Waals surface area contributed by atoms with E-state index in [-0.39, 0.29) is 17.3 Å². The third-order valence-corrected chi connectivity index (χ3v) is 6.73. The molecule has 0 aliphatic carbocycles. The van der Waals surface area contributed by atoms with Crippen LogP contribution in [0.25, 0.3) is 0 Å². The number of hydrogen-bond acceptors (Lipinski definition) is 5. The highest BCUT2D eigenvalue weighted by Gasteiger charge is 2.15. The number of carbonyl (C=O) groups excluding carboxylic acids is 2. The molecule has 2 aromatic rings. The molecular formula is C23H30N4O4S. The summed E-state index contributed by atoms with van der Waals surface area (Å²) >= 11 is 0. The highest BCUT2D eigenvalue weighted by atomic mass is 32.2.